The molecule has 2 atom stereocenters. The Balaban J connectivity index is 1.97. The molecule has 1 N–H and O–H groups in total. The van der Waals surface area contributed by atoms with E-state index in [-0.39, 0.29) is 31.0 Å². The van der Waals surface area contributed by atoms with Gasteiger partial charge in [-0.15, -0.1) is 0 Å². The fourth-order valence-electron chi connectivity index (χ4n) is 3.92. The van der Waals surface area contributed by atoms with Crippen LogP contribution in [0.5, 0.6) is 0 Å². The van der Waals surface area contributed by atoms with Crippen LogP contribution in [0.3, 0.4) is 0 Å². The van der Waals surface area contributed by atoms with Crippen molar-refractivity contribution in [2.45, 2.75) is 65.7 Å². The summed E-state index contributed by atoms with van der Waals surface area (Å²) in [5.74, 6) is -0.685. The topological polar surface area (TPSA) is 94.2 Å². The maximum atomic E-state index is 12.7. The van der Waals surface area contributed by atoms with Gasteiger partial charge >= 0.3 is 18.0 Å². The Bertz CT molecular complexity index is 805. The number of likely N-dealkylation sites (tertiary alicyclic amines) is 1. The Kier molecular flexibility index (Phi) is 9.28. The van der Waals surface area contributed by atoms with Crippen LogP contribution >= 0.6 is 0 Å². The second-order valence-electron chi connectivity index (χ2n) is 9.94. The molecule has 0 radical (unpaired) electrons. The summed E-state index contributed by atoms with van der Waals surface area (Å²) < 4.78 is 16.0. The molecule has 0 aromatic heterocycles. The van der Waals surface area contributed by atoms with Gasteiger partial charge in [-0.25, -0.2) is 4.79 Å². The van der Waals surface area contributed by atoms with Crippen LogP contribution in [-0.2, 0) is 30.4 Å². The Hall–Kier alpha value is -2.61. The number of nitrogens with one attached hydrogen (secondary N) is 1. The monoisotopic (exact) mass is 462 g/mol. The molecule has 1 fully saturated rings. The number of hydrogen-bond donors (Lipinski definition) is 1. The predicted octanol–water partition coefficient (Wildman–Crippen LogP) is 3.53. The van der Waals surface area contributed by atoms with Crippen LogP contribution in [0.15, 0.2) is 30.3 Å². The van der Waals surface area contributed by atoms with Gasteiger partial charge in [-0.05, 0) is 51.6 Å². The number of carbonyl (C=O) groups excluding carboxylic acids is 3. The molecule has 8 nitrogen and oxygen atoms in total. The standard InChI is InChI=1S/C25H38N2O6/c1-18(2)20(21(28)32-16-19-10-8-7-9-11-19)26-14-12-25(22(29)31-6)13-15-27(17-25)23(30)33-24(3,4)5/h7-11,18,20,26H,12-17H2,1-6H3/t20-,25?/m0/s1. The Morgan fingerprint density at radius 3 is 2.39 bits per heavy atom. The summed E-state index contributed by atoms with van der Waals surface area (Å²) in [6, 6.07) is 9.01. The number of nitrogens with zero attached hydrogens (tertiary/aromatic N) is 1. The van der Waals surface area contributed by atoms with E-state index in [1.54, 1.807) is 25.7 Å². The summed E-state index contributed by atoms with van der Waals surface area (Å²) in [7, 11) is 1.35. The number of methoxy groups -OCH3 is 1. The molecule has 33 heavy (non-hydrogen) atoms. The normalized spacial score (nSPS) is 19.3. The summed E-state index contributed by atoms with van der Waals surface area (Å²) >= 11 is 0. The molecular formula is C25H38N2O6. The zero-order valence-electron chi connectivity index (χ0n) is 20.7. The van der Waals surface area contributed by atoms with Crippen LogP contribution in [0.1, 0.15) is 53.0 Å². The van der Waals surface area contributed by atoms with Crippen molar-refractivity contribution in [2.75, 3.05) is 26.7 Å². The van der Waals surface area contributed by atoms with Gasteiger partial charge in [0.25, 0.3) is 0 Å². The molecule has 1 amide bonds. The Morgan fingerprint density at radius 2 is 1.82 bits per heavy atom. The fourth-order valence-corrected chi connectivity index (χ4v) is 3.92. The van der Waals surface area contributed by atoms with Crippen LogP contribution in [0.2, 0.25) is 0 Å². The van der Waals surface area contributed by atoms with Crippen molar-refractivity contribution in [1.29, 1.82) is 0 Å². The van der Waals surface area contributed by atoms with E-state index in [4.69, 9.17) is 14.2 Å². The summed E-state index contributed by atoms with van der Waals surface area (Å²) in [6.07, 6.45) is 0.463. The summed E-state index contributed by atoms with van der Waals surface area (Å²) in [6.45, 7) is 10.6. The number of ether oxygens (including phenoxy) is 3. The van der Waals surface area contributed by atoms with Gasteiger partial charge in [0.2, 0.25) is 0 Å². The average Bonchev–Trinajstić information content (AvgIpc) is 3.19. The molecule has 0 aliphatic carbocycles. The van der Waals surface area contributed by atoms with Gasteiger partial charge in [0.1, 0.15) is 18.2 Å². The number of carbonyl (C=O) groups is 3. The molecule has 1 saturated heterocycles. The molecule has 1 aliphatic rings. The largest absolute Gasteiger partial charge is 0.469 e. The van der Waals surface area contributed by atoms with Crippen LogP contribution in [0.25, 0.3) is 0 Å². The summed E-state index contributed by atoms with van der Waals surface area (Å²) in [5, 5.41) is 3.25. The number of esters is 2. The molecule has 0 saturated carbocycles. The van der Waals surface area contributed by atoms with Crippen molar-refractivity contribution in [1.82, 2.24) is 10.2 Å². The second kappa shape index (κ2) is 11.5. The lowest BCUT2D eigenvalue weighted by atomic mass is 9.83. The minimum Gasteiger partial charge on any atom is -0.469 e. The van der Waals surface area contributed by atoms with E-state index in [0.29, 0.717) is 25.9 Å². The molecule has 1 aromatic rings. The third-order valence-electron chi connectivity index (χ3n) is 5.74. The molecule has 184 valence electrons. The van der Waals surface area contributed by atoms with Crippen LogP contribution in [0.4, 0.5) is 4.79 Å². The smallest absolute Gasteiger partial charge is 0.410 e. The predicted molar refractivity (Wildman–Crippen MR) is 124 cm³/mol. The third kappa shape index (κ3) is 7.74. The molecule has 1 aliphatic heterocycles. The molecular weight excluding hydrogens is 424 g/mol. The Labute approximate surface area is 196 Å². The maximum absolute atomic E-state index is 12.7. The maximum Gasteiger partial charge on any atom is 0.410 e. The van der Waals surface area contributed by atoms with Gasteiger partial charge in [0, 0.05) is 13.1 Å². The Morgan fingerprint density at radius 1 is 1.15 bits per heavy atom. The highest BCUT2D eigenvalue weighted by molar-refractivity contribution is 5.79. The van der Waals surface area contributed by atoms with Gasteiger partial charge in [0.05, 0.1) is 12.5 Å². The lowest BCUT2D eigenvalue weighted by Gasteiger charge is -2.29. The van der Waals surface area contributed by atoms with Gasteiger partial charge in [0.15, 0.2) is 0 Å². The number of amides is 1. The van der Waals surface area contributed by atoms with E-state index in [2.05, 4.69) is 5.32 Å². The zero-order chi connectivity index (χ0) is 24.6. The van der Waals surface area contributed by atoms with Gasteiger partial charge < -0.3 is 24.4 Å². The zero-order valence-corrected chi connectivity index (χ0v) is 20.7. The highest BCUT2D eigenvalue weighted by Crippen LogP contribution is 2.36. The first-order chi connectivity index (χ1) is 15.5. The SMILES string of the molecule is COC(=O)C1(CCN[C@H](C(=O)OCc2ccccc2)C(C)C)CCN(C(=O)OC(C)(C)C)C1. The van der Waals surface area contributed by atoms with Crippen molar-refractivity contribution in [3.63, 3.8) is 0 Å². The lowest BCUT2D eigenvalue weighted by Crippen LogP contribution is -2.46. The number of hydrogen-bond acceptors (Lipinski definition) is 7. The summed E-state index contributed by atoms with van der Waals surface area (Å²) in [4.78, 5) is 39.4. The summed E-state index contributed by atoms with van der Waals surface area (Å²) in [5.41, 5.74) is -0.528. The van der Waals surface area contributed by atoms with Crippen LogP contribution < -0.4 is 5.32 Å². The molecule has 1 heterocycles. The fraction of sp³-hybridized carbons (Fsp3) is 0.640. The second-order valence-corrected chi connectivity index (χ2v) is 9.94. The van der Waals surface area contributed by atoms with Crippen molar-refractivity contribution in [3.05, 3.63) is 35.9 Å². The molecule has 0 bridgehead atoms. The first-order valence-electron chi connectivity index (χ1n) is 11.5. The molecule has 2 rings (SSSR count). The van der Waals surface area contributed by atoms with E-state index in [1.165, 1.54) is 7.11 Å². The van der Waals surface area contributed by atoms with E-state index in [1.807, 2.05) is 44.2 Å². The lowest BCUT2D eigenvalue weighted by molar-refractivity contribution is -0.152. The van der Waals surface area contributed by atoms with Gasteiger partial charge in [-0.3, -0.25) is 9.59 Å². The van der Waals surface area contributed by atoms with E-state index in [9.17, 15) is 14.4 Å². The van der Waals surface area contributed by atoms with Crippen molar-refractivity contribution < 1.29 is 28.6 Å². The van der Waals surface area contributed by atoms with Crippen molar-refractivity contribution in [3.8, 4) is 0 Å². The van der Waals surface area contributed by atoms with Gasteiger partial charge in [-0.2, -0.15) is 0 Å². The molecule has 0 spiro atoms. The first-order valence-corrected chi connectivity index (χ1v) is 11.5. The third-order valence-corrected chi connectivity index (χ3v) is 5.74. The molecule has 1 aromatic carbocycles. The van der Waals surface area contributed by atoms with Crippen molar-refractivity contribution in [2.24, 2.45) is 11.3 Å². The number of rotatable bonds is 9. The van der Waals surface area contributed by atoms with Crippen LogP contribution in [-0.4, -0.2) is 61.3 Å². The molecule has 8 heteroatoms. The van der Waals surface area contributed by atoms with Crippen molar-refractivity contribution >= 4 is 18.0 Å². The van der Waals surface area contributed by atoms with E-state index in [0.717, 1.165) is 5.56 Å². The molecule has 1 unspecified atom stereocenters. The van der Waals surface area contributed by atoms with Gasteiger partial charge in [-0.1, -0.05) is 44.2 Å². The number of benzene rings is 1. The van der Waals surface area contributed by atoms with E-state index < -0.39 is 23.2 Å². The first kappa shape index (κ1) is 26.6. The average molecular weight is 463 g/mol. The highest BCUT2D eigenvalue weighted by Gasteiger charge is 2.47. The highest BCUT2D eigenvalue weighted by atomic mass is 16.6. The quantitative estimate of drug-likeness (QED) is 0.443. The van der Waals surface area contributed by atoms with E-state index >= 15 is 0 Å². The minimum absolute atomic E-state index is 0.00388. The van der Waals surface area contributed by atoms with Crippen LogP contribution in [0, 0.1) is 11.3 Å². The minimum atomic E-state index is -0.839.